The van der Waals surface area contributed by atoms with Gasteiger partial charge in [-0.05, 0) is 73.6 Å². The highest BCUT2D eigenvalue weighted by Crippen LogP contribution is 2.48. The van der Waals surface area contributed by atoms with Crippen molar-refractivity contribution >= 4 is 73.0 Å². The molecule has 2 saturated heterocycles. The number of nitrogens with zero attached hydrogens (tertiary/aromatic N) is 7. The number of methoxy groups -OCH3 is 2. The number of nitrogens with one attached hydrogen (secondary N) is 1. The van der Waals surface area contributed by atoms with Crippen LogP contribution >= 0.6 is 11.6 Å². The van der Waals surface area contributed by atoms with E-state index in [2.05, 4.69) is 15.3 Å². The van der Waals surface area contributed by atoms with Crippen molar-refractivity contribution in [2.45, 2.75) is 62.4 Å². The molecular weight excluding hydrogens is 1160 g/mol. The first-order valence-electron chi connectivity index (χ1n) is 27.2. The number of ether oxygens (including phenoxy) is 7. The quantitative estimate of drug-likeness (QED) is 0.0267. The second-order valence-electron chi connectivity index (χ2n) is 20.6. The van der Waals surface area contributed by atoms with Crippen molar-refractivity contribution in [3.05, 3.63) is 89.4 Å². The maximum Gasteiger partial charge on any atom is 0.501 e. The van der Waals surface area contributed by atoms with E-state index in [1.807, 2.05) is 19.0 Å². The van der Waals surface area contributed by atoms with Gasteiger partial charge in [0.1, 0.15) is 42.5 Å². The Morgan fingerprint density at radius 1 is 0.800 bits per heavy atom. The Labute approximate surface area is 493 Å². The summed E-state index contributed by atoms with van der Waals surface area (Å²) in [4.78, 5) is 61.4. The molecule has 458 valence electrons. The summed E-state index contributed by atoms with van der Waals surface area (Å²) < 4.78 is 81.9. The number of halogens is 1. The van der Waals surface area contributed by atoms with Gasteiger partial charge in [-0.25, -0.2) is 4.68 Å². The molecule has 6 atom stereocenters. The highest BCUT2D eigenvalue weighted by atomic mass is 35.5. The number of carbonyl (C=O) groups is 4. The first kappa shape index (κ1) is 62.2. The Hall–Kier alpha value is -7.38. The Morgan fingerprint density at radius 2 is 1.55 bits per heavy atom. The van der Waals surface area contributed by atoms with Gasteiger partial charge in [-0.1, -0.05) is 5.21 Å². The number of likely N-dealkylation sites (tertiary alicyclic amines) is 1. The normalized spacial score (nSPS) is 19.7. The van der Waals surface area contributed by atoms with E-state index >= 15 is 0 Å². The molecule has 5 N–H and O–H groups in total. The number of hydrogen-bond donors (Lipinski definition) is 5. The van der Waals surface area contributed by atoms with E-state index < -0.39 is 76.9 Å². The number of anilines is 1. The molecule has 9 rings (SSSR count). The largest absolute Gasteiger partial charge is 0.501 e. The molecule has 5 heterocycles. The average molecular weight is 1220 g/mol. The van der Waals surface area contributed by atoms with Gasteiger partial charge in [-0.2, -0.15) is 0 Å². The van der Waals surface area contributed by atoms with Crippen LogP contribution in [0.5, 0.6) is 34.5 Å². The summed E-state index contributed by atoms with van der Waals surface area (Å²) in [7, 11) is 3.03. The fourth-order valence-corrected chi connectivity index (χ4v) is 10.9. The zero-order chi connectivity index (χ0) is 60.7. The van der Waals surface area contributed by atoms with Crippen LogP contribution in [0.3, 0.4) is 0 Å². The summed E-state index contributed by atoms with van der Waals surface area (Å²) in [6.07, 6.45) is -6.14. The molecule has 0 spiro atoms. The molecule has 2 fully saturated rings. The Bertz CT molecular complexity index is 3490. The lowest BCUT2D eigenvalue weighted by atomic mass is 9.95. The minimum absolute atomic E-state index is 0.0661. The topological polar surface area (TPSA) is 326 Å². The van der Waals surface area contributed by atoms with Gasteiger partial charge in [0.15, 0.2) is 28.7 Å². The van der Waals surface area contributed by atoms with E-state index in [0.717, 1.165) is 12.1 Å². The second-order valence-corrected chi connectivity index (χ2v) is 22.0. The first-order chi connectivity index (χ1) is 40.8. The van der Waals surface area contributed by atoms with Crippen LogP contribution in [0.1, 0.15) is 50.9 Å². The van der Waals surface area contributed by atoms with Crippen LogP contribution in [0.4, 0.5) is 5.69 Å². The number of alkyl halides is 1. The summed E-state index contributed by atoms with van der Waals surface area (Å²) in [5, 5.41) is 51.4. The van der Waals surface area contributed by atoms with Crippen molar-refractivity contribution in [3.63, 3.8) is 0 Å². The number of carbonyl (C=O) groups excluding carboxylic acids is 4. The number of amides is 4. The average Bonchev–Trinajstić information content (AvgIpc) is 3.52. The van der Waals surface area contributed by atoms with Gasteiger partial charge < -0.3 is 81.6 Å². The molecule has 2 aromatic heterocycles. The van der Waals surface area contributed by atoms with Crippen molar-refractivity contribution in [2.24, 2.45) is 0 Å². The van der Waals surface area contributed by atoms with Crippen molar-refractivity contribution in [1.82, 2.24) is 34.7 Å². The molecule has 0 aliphatic carbocycles. The Morgan fingerprint density at radius 3 is 2.28 bits per heavy atom. The summed E-state index contributed by atoms with van der Waals surface area (Å²) in [5.74, 6) is -1.91. The fourth-order valence-electron chi connectivity index (χ4n) is 9.95. The van der Waals surface area contributed by atoms with Crippen LogP contribution in [-0.2, 0) is 47.2 Å². The predicted octanol–water partition coefficient (Wildman–Crippen LogP) is 2.23. The van der Waals surface area contributed by atoms with Crippen LogP contribution < -0.4 is 32.2 Å². The van der Waals surface area contributed by atoms with Gasteiger partial charge in [-0.15, -0.1) is 25.1 Å². The molecule has 6 aromatic rings. The number of H-pyrrole nitrogens is 1. The van der Waals surface area contributed by atoms with Crippen molar-refractivity contribution in [3.8, 4) is 34.5 Å². The smallest absolute Gasteiger partial charge is 0.497 e. The Balaban J connectivity index is 0.921. The van der Waals surface area contributed by atoms with Crippen LogP contribution in [0.2, 0.25) is 0 Å². The highest BCUT2D eigenvalue weighted by Gasteiger charge is 2.45. The zero-order valence-electron chi connectivity index (χ0n) is 47.3. The van der Waals surface area contributed by atoms with E-state index in [0.29, 0.717) is 77.5 Å². The minimum Gasteiger partial charge on any atom is -0.497 e. The number of aromatic nitrogens is 4. The second kappa shape index (κ2) is 27.3. The molecular formula is C56H67ClN8O19S. The van der Waals surface area contributed by atoms with E-state index in [-0.39, 0.29) is 98.1 Å². The zero-order valence-corrected chi connectivity index (χ0v) is 48.8. The first-order valence-corrected chi connectivity index (χ1v) is 29.1. The van der Waals surface area contributed by atoms with Gasteiger partial charge in [-0.3, -0.25) is 24.1 Å². The monoisotopic (exact) mass is 1220 g/mol. The van der Waals surface area contributed by atoms with Gasteiger partial charge in [0.2, 0.25) is 18.1 Å². The number of hydrogen-bond acceptors (Lipinski definition) is 22. The lowest BCUT2D eigenvalue weighted by Gasteiger charge is -2.39. The summed E-state index contributed by atoms with van der Waals surface area (Å²) in [5.41, 5.74) is 2.21. The van der Waals surface area contributed by atoms with E-state index in [4.69, 9.17) is 53.1 Å². The molecule has 4 amide bonds. The molecule has 1 unspecified atom stereocenters. The molecule has 3 aliphatic rings. The van der Waals surface area contributed by atoms with E-state index in [9.17, 15) is 48.0 Å². The number of likely N-dealkylation sites (N-methyl/N-ethyl adjacent to an activating group) is 2. The molecule has 27 nitrogen and oxygen atoms in total. The van der Waals surface area contributed by atoms with Gasteiger partial charge in [0.25, 0.3) is 11.8 Å². The number of aliphatic hydroxyl groups is 4. The number of aromatic amines is 1. The lowest BCUT2D eigenvalue weighted by Crippen LogP contribution is -2.60. The Kier molecular flexibility index (Phi) is 20.0. The third kappa shape index (κ3) is 14.3. The fraction of sp³-hybridized carbons (Fsp3) is 0.464. The molecule has 0 bridgehead atoms. The molecule has 0 radical (unpaired) electrons. The van der Waals surface area contributed by atoms with Crippen molar-refractivity contribution in [1.29, 1.82) is 0 Å². The van der Waals surface area contributed by atoms with Gasteiger partial charge in [0, 0.05) is 97.9 Å². The molecule has 0 saturated carbocycles. The molecule has 4 aromatic carbocycles. The van der Waals surface area contributed by atoms with Crippen molar-refractivity contribution < 1.29 is 89.5 Å². The number of aliphatic hydroxyl groups excluding tert-OH is 4. The predicted molar refractivity (Wildman–Crippen MR) is 304 cm³/mol. The molecule has 3 aliphatic heterocycles. The summed E-state index contributed by atoms with van der Waals surface area (Å²) in [6, 6.07) is 14.9. The SMILES string of the molecule is COc1ccc2c(OS(=O)(=O)Oc3cc(C(=O)N(C)CCOCCn4cc(CCOCCN5C(=O)CCC5=O)nn4)ccc3O[C@@H]3O[C@H](CO)[C@H](O)[C@H](O)C3O)cc3c(c2c1)[C@H](CCl)CN3C(=O)c1cc2cc(OCCN(C)C)c(OC)cc2[nH]1. The molecule has 29 heteroatoms. The number of imide groups is 1. The lowest BCUT2D eigenvalue weighted by molar-refractivity contribution is -0.277. The maximum absolute atomic E-state index is 14.7. The van der Waals surface area contributed by atoms with Crippen LogP contribution in [0.25, 0.3) is 21.7 Å². The number of benzene rings is 4. The summed E-state index contributed by atoms with van der Waals surface area (Å²) >= 11 is 6.63. The van der Waals surface area contributed by atoms with Crippen LogP contribution in [-0.4, -0.2) is 225 Å². The van der Waals surface area contributed by atoms with Crippen LogP contribution in [0, 0.1) is 0 Å². The van der Waals surface area contributed by atoms with Crippen molar-refractivity contribution in [2.75, 3.05) is 112 Å². The third-order valence-electron chi connectivity index (χ3n) is 14.5. The molecule has 85 heavy (non-hydrogen) atoms. The third-order valence-corrected chi connectivity index (χ3v) is 15.7. The highest BCUT2D eigenvalue weighted by molar-refractivity contribution is 7.82. The van der Waals surface area contributed by atoms with Crippen LogP contribution in [0.15, 0.2) is 66.9 Å². The van der Waals surface area contributed by atoms with E-state index in [1.54, 1.807) is 47.3 Å². The summed E-state index contributed by atoms with van der Waals surface area (Å²) in [6.45, 7) is 1.71. The standard InChI is InChI=1S/C56H67ClN8O19S/c1-61(2)13-21-80-45-24-33-22-40(58-39(33)26-44(45)77-5)55(73)65-29-34(28-57)50-38-25-36(76-4)7-8-37(38)43(27-41(50)65)83-85(74,75)84-46-23-32(6-9-42(46)81-56-53(71)52(70)51(69)47(31-66)82-56)54(72)62(3)14-18-79-19-15-63-30-35(59-60-63)12-17-78-20-16-64-48(67)10-11-49(64)68/h6-9,22-27,30,34,47,51-53,56,58,66,69-71H,10-21,28-29,31H2,1-5H3/t34-,47-,51+,52+,53?,56-/m1/s1. The number of fused-ring (bicyclic) bond motifs is 4. The van der Waals surface area contributed by atoms with E-state index in [1.165, 1.54) is 48.1 Å². The van der Waals surface area contributed by atoms with Gasteiger partial charge >= 0.3 is 10.4 Å². The minimum atomic E-state index is -5.28. The maximum atomic E-state index is 14.7. The van der Waals surface area contributed by atoms with Gasteiger partial charge in [0.05, 0.1) is 71.7 Å². The number of rotatable bonds is 28.